The topological polar surface area (TPSA) is 49.3 Å². The molecule has 0 saturated heterocycles. The molecule has 0 heterocycles. The van der Waals surface area contributed by atoms with Crippen LogP contribution in [0.15, 0.2) is 24.3 Å². The van der Waals surface area contributed by atoms with E-state index < -0.39 is 5.97 Å². The molecule has 0 aliphatic rings. The molecule has 0 amide bonds. The van der Waals surface area contributed by atoms with Gasteiger partial charge >= 0.3 is 5.97 Å². The normalized spacial score (nSPS) is 12.4. The fourth-order valence-electron chi connectivity index (χ4n) is 1.35. The molecule has 1 atom stereocenters. The zero-order valence-electron chi connectivity index (χ0n) is 7.91. The Hall–Kier alpha value is -0.770. The maximum Gasteiger partial charge on any atom is 0.304 e. The number of carbonyl (C=O) groups is 1. The van der Waals surface area contributed by atoms with Crippen LogP contribution >= 0.6 is 23.4 Å². The molecule has 0 aromatic heterocycles. The lowest BCUT2D eigenvalue weighted by molar-refractivity contribution is -0.137. The summed E-state index contributed by atoms with van der Waals surface area (Å²) in [5.41, 5.74) is 0.912. The standard InChI is InChI=1S/C10H11Cl2NO2/c11-9-3-1-7(2-4-9)8(6-13-12)5-10(14)15/h1-4,8,13H,5-6H2,(H,14,15)/t8-/m0/s1. The van der Waals surface area contributed by atoms with E-state index in [1.54, 1.807) is 12.1 Å². The number of nitrogens with one attached hydrogen (secondary N) is 1. The molecule has 3 nitrogen and oxygen atoms in total. The largest absolute Gasteiger partial charge is 0.481 e. The summed E-state index contributed by atoms with van der Waals surface area (Å²) in [5.74, 6) is -0.987. The van der Waals surface area contributed by atoms with Crippen molar-refractivity contribution in [1.29, 1.82) is 0 Å². The van der Waals surface area contributed by atoms with Gasteiger partial charge in [-0.1, -0.05) is 23.7 Å². The van der Waals surface area contributed by atoms with Gasteiger partial charge in [0.1, 0.15) is 0 Å². The van der Waals surface area contributed by atoms with E-state index in [9.17, 15) is 4.79 Å². The first-order valence-electron chi connectivity index (χ1n) is 4.44. The summed E-state index contributed by atoms with van der Waals surface area (Å²) in [5, 5.41) is 9.36. The van der Waals surface area contributed by atoms with Gasteiger partial charge in [-0.15, -0.1) is 0 Å². The smallest absolute Gasteiger partial charge is 0.304 e. The van der Waals surface area contributed by atoms with Crippen LogP contribution in [0.2, 0.25) is 5.02 Å². The number of benzene rings is 1. The van der Waals surface area contributed by atoms with Gasteiger partial charge in [-0.3, -0.25) is 4.79 Å². The highest BCUT2D eigenvalue weighted by Gasteiger charge is 2.14. The van der Waals surface area contributed by atoms with Crippen LogP contribution in [-0.4, -0.2) is 17.6 Å². The SMILES string of the molecule is O=C(O)C[C@@H](CNCl)c1ccc(Cl)cc1. The van der Waals surface area contributed by atoms with Crippen LogP contribution in [0.5, 0.6) is 0 Å². The molecule has 0 saturated carbocycles. The molecular weight excluding hydrogens is 237 g/mol. The number of carboxylic acid groups (broad SMARTS) is 1. The van der Waals surface area contributed by atoms with E-state index in [1.807, 2.05) is 12.1 Å². The van der Waals surface area contributed by atoms with Crippen molar-refractivity contribution in [2.75, 3.05) is 6.54 Å². The van der Waals surface area contributed by atoms with Crippen LogP contribution in [0.4, 0.5) is 0 Å². The van der Waals surface area contributed by atoms with E-state index >= 15 is 0 Å². The number of halogens is 2. The maximum atomic E-state index is 10.6. The predicted molar refractivity (Wildman–Crippen MR) is 60.3 cm³/mol. The fraction of sp³-hybridized carbons (Fsp3) is 0.300. The molecule has 0 aliphatic carbocycles. The van der Waals surface area contributed by atoms with Crippen LogP contribution < -0.4 is 4.84 Å². The maximum absolute atomic E-state index is 10.6. The van der Waals surface area contributed by atoms with Crippen LogP contribution in [-0.2, 0) is 4.79 Å². The summed E-state index contributed by atoms with van der Waals surface area (Å²) < 4.78 is 0. The van der Waals surface area contributed by atoms with Gasteiger partial charge in [0.05, 0.1) is 6.42 Å². The Morgan fingerprint density at radius 2 is 2.00 bits per heavy atom. The monoisotopic (exact) mass is 247 g/mol. The molecule has 0 radical (unpaired) electrons. The minimum atomic E-state index is -0.845. The second kappa shape index (κ2) is 5.95. The van der Waals surface area contributed by atoms with Crippen molar-refractivity contribution >= 4 is 29.3 Å². The second-order valence-electron chi connectivity index (χ2n) is 3.18. The lowest BCUT2D eigenvalue weighted by Gasteiger charge is -2.13. The molecule has 82 valence electrons. The minimum Gasteiger partial charge on any atom is -0.481 e. The van der Waals surface area contributed by atoms with E-state index in [4.69, 9.17) is 28.5 Å². The van der Waals surface area contributed by atoms with E-state index in [0.29, 0.717) is 11.6 Å². The molecule has 2 N–H and O–H groups in total. The van der Waals surface area contributed by atoms with Crippen LogP contribution in [0, 0.1) is 0 Å². The molecule has 0 fully saturated rings. The van der Waals surface area contributed by atoms with Crippen molar-refractivity contribution in [3.63, 3.8) is 0 Å². The van der Waals surface area contributed by atoms with Crippen molar-refractivity contribution in [2.24, 2.45) is 0 Å². The van der Waals surface area contributed by atoms with E-state index in [1.165, 1.54) is 0 Å². The molecule has 15 heavy (non-hydrogen) atoms. The Morgan fingerprint density at radius 3 is 2.47 bits per heavy atom. The number of hydrogen-bond acceptors (Lipinski definition) is 2. The molecule has 1 rings (SSSR count). The van der Waals surface area contributed by atoms with Gasteiger partial charge in [0, 0.05) is 17.5 Å². The lowest BCUT2D eigenvalue weighted by Crippen LogP contribution is -2.16. The Balaban J connectivity index is 2.78. The summed E-state index contributed by atoms with van der Waals surface area (Å²) in [4.78, 5) is 13.1. The summed E-state index contributed by atoms with van der Waals surface area (Å²) in [6.07, 6.45) is 0.0430. The average Bonchev–Trinajstić information content (AvgIpc) is 2.17. The Labute approximate surface area is 98.1 Å². The quantitative estimate of drug-likeness (QED) is 0.787. The van der Waals surface area contributed by atoms with E-state index in [2.05, 4.69) is 4.84 Å². The minimum absolute atomic E-state index is 0.0430. The number of carboxylic acids is 1. The van der Waals surface area contributed by atoms with Crippen molar-refractivity contribution in [1.82, 2.24) is 4.84 Å². The Bertz CT molecular complexity index is 327. The highest BCUT2D eigenvalue weighted by molar-refractivity contribution is 6.30. The molecule has 0 unspecified atom stereocenters. The first-order valence-corrected chi connectivity index (χ1v) is 5.20. The van der Waals surface area contributed by atoms with Gasteiger partial charge in [-0.05, 0) is 29.5 Å². The summed E-state index contributed by atoms with van der Waals surface area (Å²) >= 11 is 11.1. The fourth-order valence-corrected chi connectivity index (χ4v) is 1.66. The van der Waals surface area contributed by atoms with Crippen molar-refractivity contribution in [2.45, 2.75) is 12.3 Å². The van der Waals surface area contributed by atoms with Gasteiger partial charge in [-0.25, -0.2) is 4.84 Å². The average molecular weight is 248 g/mol. The first kappa shape index (κ1) is 12.3. The van der Waals surface area contributed by atoms with Crippen molar-refractivity contribution < 1.29 is 9.90 Å². The third-order valence-corrected chi connectivity index (χ3v) is 2.49. The van der Waals surface area contributed by atoms with Gasteiger partial charge in [-0.2, -0.15) is 0 Å². The Kier molecular flexibility index (Phi) is 4.88. The Morgan fingerprint density at radius 1 is 1.40 bits per heavy atom. The summed E-state index contributed by atoms with van der Waals surface area (Å²) in [7, 11) is 0. The number of hydrogen-bond donors (Lipinski definition) is 2. The molecule has 0 spiro atoms. The third kappa shape index (κ3) is 4.08. The van der Waals surface area contributed by atoms with Crippen LogP contribution in [0.25, 0.3) is 0 Å². The van der Waals surface area contributed by atoms with Gasteiger partial charge in [0.2, 0.25) is 0 Å². The molecular formula is C10H11Cl2NO2. The summed E-state index contributed by atoms with van der Waals surface area (Å²) in [6, 6.07) is 7.09. The predicted octanol–water partition coefficient (Wildman–Crippen LogP) is 2.64. The molecule has 1 aromatic carbocycles. The first-order chi connectivity index (χ1) is 7.13. The highest BCUT2D eigenvalue weighted by Crippen LogP contribution is 2.21. The zero-order valence-corrected chi connectivity index (χ0v) is 9.42. The zero-order chi connectivity index (χ0) is 11.3. The summed E-state index contributed by atoms with van der Waals surface area (Å²) in [6.45, 7) is 0.412. The van der Waals surface area contributed by atoms with Crippen molar-refractivity contribution in [3.05, 3.63) is 34.9 Å². The van der Waals surface area contributed by atoms with Gasteiger partial charge in [0.25, 0.3) is 0 Å². The van der Waals surface area contributed by atoms with Crippen molar-refractivity contribution in [3.8, 4) is 0 Å². The second-order valence-corrected chi connectivity index (χ2v) is 3.89. The van der Waals surface area contributed by atoms with Crippen LogP contribution in [0.3, 0.4) is 0 Å². The number of aliphatic carboxylic acids is 1. The lowest BCUT2D eigenvalue weighted by atomic mass is 9.96. The number of rotatable bonds is 5. The van der Waals surface area contributed by atoms with Gasteiger partial charge < -0.3 is 5.11 Å². The van der Waals surface area contributed by atoms with Gasteiger partial charge in [0.15, 0.2) is 0 Å². The van der Waals surface area contributed by atoms with E-state index in [-0.39, 0.29) is 12.3 Å². The molecule has 0 bridgehead atoms. The van der Waals surface area contributed by atoms with E-state index in [0.717, 1.165) is 5.56 Å². The molecule has 0 aliphatic heterocycles. The molecule has 5 heteroatoms. The molecule has 1 aromatic rings. The third-order valence-electron chi connectivity index (χ3n) is 2.09. The van der Waals surface area contributed by atoms with Crippen LogP contribution in [0.1, 0.15) is 17.9 Å². The highest BCUT2D eigenvalue weighted by atomic mass is 35.5.